The summed E-state index contributed by atoms with van der Waals surface area (Å²) in [5, 5.41) is 3.38. The van der Waals surface area contributed by atoms with E-state index in [0.717, 1.165) is 33.2 Å². The highest BCUT2D eigenvalue weighted by Gasteiger charge is 2.20. The Morgan fingerprint density at radius 1 is 1.46 bits per heavy atom. The predicted octanol–water partition coefficient (Wildman–Crippen LogP) is 3.55. The highest BCUT2D eigenvalue weighted by atomic mass is 35.5. The van der Waals surface area contributed by atoms with Crippen LogP contribution in [0.2, 0.25) is 8.67 Å². The molecule has 72 valence electrons. The van der Waals surface area contributed by atoms with Crippen LogP contribution >= 0.6 is 34.5 Å². The minimum atomic E-state index is 0.772. The van der Waals surface area contributed by atoms with Gasteiger partial charge in [0.25, 0.3) is 0 Å². The lowest BCUT2D eigenvalue weighted by atomic mass is 10.3. The second-order valence-corrected chi connectivity index (χ2v) is 5.71. The fourth-order valence-corrected chi connectivity index (χ4v) is 2.71. The Kier molecular flexibility index (Phi) is 3.14. The summed E-state index contributed by atoms with van der Waals surface area (Å²) < 4.78 is 1.58. The third kappa shape index (κ3) is 2.84. The summed E-state index contributed by atoms with van der Waals surface area (Å²) >= 11 is 13.2. The second kappa shape index (κ2) is 4.18. The highest BCUT2D eigenvalue weighted by Crippen LogP contribution is 2.31. The van der Waals surface area contributed by atoms with E-state index in [9.17, 15) is 0 Å². The van der Waals surface area contributed by atoms with E-state index in [-0.39, 0.29) is 0 Å². The average molecular weight is 236 g/mol. The van der Waals surface area contributed by atoms with Crippen molar-refractivity contribution in [1.82, 2.24) is 5.32 Å². The van der Waals surface area contributed by atoms with Crippen LogP contribution in [0, 0.1) is 5.92 Å². The van der Waals surface area contributed by atoms with Gasteiger partial charge >= 0.3 is 0 Å². The third-order valence-electron chi connectivity index (χ3n) is 2.17. The minimum absolute atomic E-state index is 0.772. The highest BCUT2D eigenvalue weighted by molar-refractivity contribution is 7.20. The molecule has 2 rings (SSSR count). The van der Waals surface area contributed by atoms with Crippen molar-refractivity contribution < 1.29 is 0 Å². The average Bonchev–Trinajstić information content (AvgIpc) is 2.81. The summed E-state index contributed by atoms with van der Waals surface area (Å²) in [4.78, 5) is 0. The molecule has 1 N–H and O–H groups in total. The fraction of sp³-hybridized carbons (Fsp3) is 0.556. The Balaban J connectivity index is 1.81. The Labute approximate surface area is 92.0 Å². The van der Waals surface area contributed by atoms with Gasteiger partial charge in [-0.15, -0.1) is 11.3 Å². The van der Waals surface area contributed by atoms with Gasteiger partial charge in [-0.3, -0.25) is 0 Å². The predicted molar refractivity (Wildman–Crippen MR) is 58.8 cm³/mol. The van der Waals surface area contributed by atoms with Gasteiger partial charge in [-0.05, 0) is 36.9 Å². The molecule has 1 aromatic heterocycles. The number of halogens is 2. The van der Waals surface area contributed by atoms with Gasteiger partial charge in [0.1, 0.15) is 0 Å². The van der Waals surface area contributed by atoms with Crippen molar-refractivity contribution in [2.24, 2.45) is 5.92 Å². The van der Waals surface area contributed by atoms with Gasteiger partial charge in [0, 0.05) is 6.54 Å². The topological polar surface area (TPSA) is 12.0 Å². The maximum atomic E-state index is 5.97. The number of hydrogen-bond acceptors (Lipinski definition) is 2. The first-order chi connectivity index (χ1) is 6.25. The van der Waals surface area contributed by atoms with Crippen LogP contribution in [0.3, 0.4) is 0 Å². The molecule has 1 nitrogen and oxygen atoms in total. The first-order valence-corrected chi connectivity index (χ1v) is 5.97. The molecule has 0 spiro atoms. The normalized spacial score (nSPS) is 16.5. The van der Waals surface area contributed by atoms with E-state index in [0.29, 0.717) is 0 Å². The van der Waals surface area contributed by atoms with Crippen molar-refractivity contribution in [2.45, 2.75) is 19.4 Å². The summed E-state index contributed by atoms with van der Waals surface area (Å²) in [6, 6.07) is 1.94. The quantitative estimate of drug-likeness (QED) is 0.842. The molecule has 0 amide bonds. The van der Waals surface area contributed by atoms with E-state index in [1.54, 1.807) is 0 Å². The van der Waals surface area contributed by atoms with Crippen LogP contribution in [0.4, 0.5) is 0 Å². The monoisotopic (exact) mass is 235 g/mol. The molecule has 1 aromatic rings. The Hall–Kier alpha value is 0.240. The van der Waals surface area contributed by atoms with E-state index >= 15 is 0 Å². The van der Waals surface area contributed by atoms with Crippen molar-refractivity contribution in [2.75, 3.05) is 6.54 Å². The van der Waals surface area contributed by atoms with E-state index in [2.05, 4.69) is 5.32 Å². The number of nitrogens with one attached hydrogen (secondary N) is 1. The zero-order valence-electron chi connectivity index (χ0n) is 7.15. The molecular weight excluding hydrogens is 225 g/mol. The maximum absolute atomic E-state index is 5.97. The van der Waals surface area contributed by atoms with Crippen LogP contribution in [0.25, 0.3) is 0 Å². The van der Waals surface area contributed by atoms with Crippen LogP contribution in [0.1, 0.15) is 18.4 Å². The second-order valence-electron chi connectivity index (χ2n) is 3.42. The first-order valence-electron chi connectivity index (χ1n) is 4.40. The molecule has 1 aliphatic carbocycles. The zero-order chi connectivity index (χ0) is 9.26. The molecule has 1 aliphatic rings. The van der Waals surface area contributed by atoms with Crippen LogP contribution in [-0.4, -0.2) is 6.54 Å². The van der Waals surface area contributed by atoms with Crippen molar-refractivity contribution in [3.63, 3.8) is 0 Å². The van der Waals surface area contributed by atoms with Crippen LogP contribution in [-0.2, 0) is 6.54 Å². The molecule has 13 heavy (non-hydrogen) atoms. The van der Waals surface area contributed by atoms with E-state index in [1.165, 1.54) is 24.2 Å². The summed E-state index contributed by atoms with van der Waals surface area (Å²) in [6.45, 7) is 1.96. The largest absolute Gasteiger partial charge is 0.312 e. The number of rotatable bonds is 4. The van der Waals surface area contributed by atoms with Crippen LogP contribution in [0.15, 0.2) is 6.07 Å². The molecule has 0 bridgehead atoms. The molecule has 0 aromatic carbocycles. The molecule has 1 saturated carbocycles. The summed E-state index contributed by atoms with van der Waals surface area (Å²) in [7, 11) is 0. The van der Waals surface area contributed by atoms with Crippen molar-refractivity contribution in [3.8, 4) is 0 Å². The Bertz CT molecular complexity index is 294. The van der Waals surface area contributed by atoms with Crippen LogP contribution in [0.5, 0.6) is 0 Å². The molecule has 0 saturated heterocycles. The summed E-state index contributed by atoms with van der Waals surface area (Å²) in [5.41, 5.74) is 1.12. The fourth-order valence-electron chi connectivity index (χ4n) is 1.23. The summed E-state index contributed by atoms with van der Waals surface area (Å²) in [6.07, 6.45) is 2.76. The molecule has 1 fully saturated rings. The Morgan fingerprint density at radius 2 is 2.23 bits per heavy atom. The van der Waals surface area contributed by atoms with Gasteiger partial charge in [-0.25, -0.2) is 0 Å². The molecule has 1 heterocycles. The molecule has 4 heteroatoms. The molecule has 0 radical (unpaired) electrons. The Morgan fingerprint density at radius 3 is 2.77 bits per heavy atom. The standard InChI is InChI=1S/C9H11Cl2NS/c10-8-3-7(9(11)13-8)5-12-4-6-1-2-6/h3,6,12H,1-2,4-5H2. The number of hydrogen-bond donors (Lipinski definition) is 1. The van der Waals surface area contributed by atoms with Gasteiger partial charge in [0.15, 0.2) is 0 Å². The SMILES string of the molecule is Clc1cc(CNCC2CC2)c(Cl)s1. The van der Waals surface area contributed by atoms with Gasteiger partial charge < -0.3 is 5.32 Å². The lowest BCUT2D eigenvalue weighted by Gasteiger charge is -2.01. The van der Waals surface area contributed by atoms with Crippen LogP contribution < -0.4 is 5.32 Å². The van der Waals surface area contributed by atoms with Gasteiger partial charge in [0.2, 0.25) is 0 Å². The lowest BCUT2D eigenvalue weighted by molar-refractivity contribution is 0.640. The third-order valence-corrected chi connectivity index (χ3v) is 3.74. The van der Waals surface area contributed by atoms with Gasteiger partial charge in [0.05, 0.1) is 8.67 Å². The van der Waals surface area contributed by atoms with Crippen molar-refractivity contribution in [1.29, 1.82) is 0 Å². The lowest BCUT2D eigenvalue weighted by Crippen LogP contribution is -2.15. The van der Waals surface area contributed by atoms with Gasteiger partial charge in [-0.2, -0.15) is 0 Å². The number of thiophene rings is 1. The summed E-state index contributed by atoms with van der Waals surface area (Å²) in [5.74, 6) is 0.910. The molecule has 0 unspecified atom stereocenters. The van der Waals surface area contributed by atoms with E-state index in [1.807, 2.05) is 6.07 Å². The van der Waals surface area contributed by atoms with E-state index in [4.69, 9.17) is 23.2 Å². The van der Waals surface area contributed by atoms with E-state index < -0.39 is 0 Å². The van der Waals surface area contributed by atoms with Crippen molar-refractivity contribution >= 4 is 34.5 Å². The van der Waals surface area contributed by atoms with Gasteiger partial charge in [-0.1, -0.05) is 23.2 Å². The maximum Gasteiger partial charge on any atom is 0.0989 e. The molecule has 0 aliphatic heterocycles. The first kappa shape index (κ1) is 9.78. The molecule has 0 atom stereocenters. The minimum Gasteiger partial charge on any atom is -0.312 e. The zero-order valence-corrected chi connectivity index (χ0v) is 9.48. The molecular formula is C9H11Cl2NS. The van der Waals surface area contributed by atoms with Crippen molar-refractivity contribution in [3.05, 3.63) is 20.3 Å². The smallest absolute Gasteiger partial charge is 0.0989 e.